The van der Waals surface area contributed by atoms with E-state index in [1.165, 1.54) is 11.5 Å². The van der Waals surface area contributed by atoms with E-state index >= 15 is 0 Å². The third kappa shape index (κ3) is 1.91. The molecule has 0 saturated heterocycles. The highest BCUT2D eigenvalue weighted by Gasteiger charge is 2.07. The van der Waals surface area contributed by atoms with Crippen LogP contribution in [0.25, 0.3) is 10.1 Å². The van der Waals surface area contributed by atoms with Gasteiger partial charge in [0.1, 0.15) is 5.75 Å². The Morgan fingerprint density at radius 1 is 1.11 bits per heavy atom. The van der Waals surface area contributed by atoms with Gasteiger partial charge in [-0.25, -0.2) is 0 Å². The van der Waals surface area contributed by atoms with Crippen LogP contribution in [0.5, 0.6) is 5.75 Å². The van der Waals surface area contributed by atoms with Crippen LogP contribution in [0.4, 0.5) is 0 Å². The first-order chi connectivity index (χ1) is 8.74. The first kappa shape index (κ1) is 11.0. The van der Waals surface area contributed by atoms with Crippen LogP contribution in [-0.4, -0.2) is 9.06 Å². The van der Waals surface area contributed by atoms with Crippen molar-refractivity contribution in [1.82, 2.24) is 3.96 Å². The topological polar surface area (TPSA) is 42.2 Å². The number of fused-ring (bicyclic) bond motifs is 1. The summed E-state index contributed by atoms with van der Waals surface area (Å²) in [6.07, 6.45) is 0. The molecule has 3 aromatic rings. The van der Waals surface area contributed by atoms with Gasteiger partial charge in [0.25, 0.3) is 5.56 Å². The Morgan fingerprint density at radius 2 is 1.94 bits per heavy atom. The maximum absolute atomic E-state index is 12.1. The minimum atomic E-state index is 0.0268. The quantitative estimate of drug-likeness (QED) is 0.767. The van der Waals surface area contributed by atoms with Crippen molar-refractivity contribution in [3.8, 4) is 5.75 Å². The predicted octanol–water partition coefficient (Wildman–Crippen LogP) is 2.82. The summed E-state index contributed by atoms with van der Waals surface area (Å²) in [5.41, 5.74) is 0.947. The standard InChI is InChI=1S/C14H11NO2S/c16-11-5-3-4-10(8-11)9-15-14(17)12-6-1-2-7-13(12)18-15/h1-8,16H,9H2. The van der Waals surface area contributed by atoms with Gasteiger partial charge < -0.3 is 5.11 Å². The summed E-state index contributed by atoms with van der Waals surface area (Å²) in [6, 6.07) is 14.6. The number of benzene rings is 2. The summed E-state index contributed by atoms with van der Waals surface area (Å²) in [6.45, 7) is 0.493. The van der Waals surface area contributed by atoms with E-state index in [1.807, 2.05) is 30.3 Å². The molecule has 0 aliphatic heterocycles. The molecule has 3 nitrogen and oxygen atoms in total. The fourth-order valence-electron chi connectivity index (χ4n) is 1.94. The molecule has 0 aliphatic carbocycles. The Balaban J connectivity index is 2.05. The van der Waals surface area contributed by atoms with Crippen LogP contribution in [-0.2, 0) is 6.54 Å². The highest BCUT2D eigenvalue weighted by atomic mass is 32.1. The minimum Gasteiger partial charge on any atom is -0.508 e. The molecule has 1 heterocycles. The van der Waals surface area contributed by atoms with E-state index in [0.29, 0.717) is 6.54 Å². The largest absolute Gasteiger partial charge is 0.508 e. The summed E-state index contributed by atoms with van der Waals surface area (Å²) in [7, 11) is 0. The Kier molecular flexibility index (Phi) is 2.64. The SMILES string of the molecule is O=c1c2ccccc2sn1Cc1cccc(O)c1. The summed E-state index contributed by atoms with van der Waals surface area (Å²) in [5, 5.41) is 10.2. The molecule has 0 amide bonds. The Morgan fingerprint density at radius 3 is 2.72 bits per heavy atom. The zero-order chi connectivity index (χ0) is 12.5. The number of aromatic nitrogens is 1. The number of phenolic OH excluding ortho intramolecular Hbond substituents is 1. The molecule has 0 spiro atoms. The number of rotatable bonds is 2. The summed E-state index contributed by atoms with van der Waals surface area (Å²) in [4.78, 5) is 12.1. The third-order valence-corrected chi connectivity index (χ3v) is 3.86. The lowest BCUT2D eigenvalue weighted by molar-refractivity contribution is 0.474. The lowest BCUT2D eigenvalue weighted by atomic mass is 10.2. The number of nitrogens with zero attached hydrogens (tertiary/aromatic N) is 1. The molecule has 0 aliphatic rings. The molecule has 0 atom stereocenters. The van der Waals surface area contributed by atoms with Crippen molar-refractivity contribution in [3.05, 3.63) is 64.4 Å². The average Bonchev–Trinajstić information content (AvgIpc) is 2.67. The molecule has 0 saturated carbocycles. The number of hydrogen-bond acceptors (Lipinski definition) is 3. The van der Waals surface area contributed by atoms with Crippen LogP contribution in [0.1, 0.15) is 5.56 Å². The Labute approximate surface area is 108 Å². The van der Waals surface area contributed by atoms with Crippen molar-refractivity contribution in [2.75, 3.05) is 0 Å². The van der Waals surface area contributed by atoms with E-state index in [4.69, 9.17) is 0 Å². The van der Waals surface area contributed by atoms with E-state index in [1.54, 1.807) is 22.2 Å². The van der Waals surface area contributed by atoms with E-state index in [0.717, 1.165) is 15.6 Å². The fraction of sp³-hybridized carbons (Fsp3) is 0.0714. The molecule has 1 N–H and O–H groups in total. The molecule has 2 aromatic carbocycles. The lowest BCUT2D eigenvalue weighted by Gasteiger charge is -2.01. The molecule has 0 bridgehead atoms. The van der Waals surface area contributed by atoms with Crippen LogP contribution >= 0.6 is 11.5 Å². The molecular formula is C14H11NO2S. The van der Waals surface area contributed by atoms with Crippen molar-refractivity contribution in [2.45, 2.75) is 6.54 Å². The van der Waals surface area contributed by atoms with E-state index < -0.39 is 0 Å². The zero-order valence-corrected chi connectivity index (χ0v) is 10.4. The van der Waals surface area contributed by atoms with Gasteiger partial charge in [-0.3, -0.25) is 8.75 Å². The normalized spacial score (nSPS) is 10.9. The van der Waals surface area contributed by atoms with E-state index in [2.05, 4.69) is 0 Å². The van der Waals surface area contributed by atoms with E-state index in [9.17, 15) is 9.90 Å². The molecule has 18 heavy (non-hydrogen) atoms. The van der Waals surface area contributed by atoms with E-state index in [-0.39, 0.29) is 11.3 Å². The molecule has 0 radical (unpaired) electrons. The maximum Gasteiger partial charge on any atom is 0.268 e. The van der Waals surface area contributed by atoms with Gasteiger partial charge in [0.2, 0.25) is 0 Å². The van der Waals surface area contributed by atoms with Crippen LogP contribution in [0.3, 0.4) is 0 Å². The second kappa shape index (κ2) is 4.31. The highest BCUT2D eigenvalue weighted by Crippen LogP contribution is 2.18. The fourth-order valence-corrected chi connectivity index (χ4v) is 2.97. The van der Waals surface area contributed by atoms with Gasteiger partial charge >= 0.3 is 0 Å². The number of phenols is 1. The van der Waals surface area contributed by atoms with Gasteiger partial charge in [-0.2, -0.15) is 0 Å². The second-order valence-electron chi connectivity index (χ2n) is 4.10. The summed E-state index contributed by atoms with van der Waals surface area (Å²) in [5.74, 6) is 0.224. The second-order valence-corrected chi connectivity index (χ2v) is 5.16. The van der Waals surface area contributed by atoms with Gasteiger partial charge in [0.05, 0.1) is 16.6 Å². The molecule has 3 rings (SSSR count). The van der Waals surface area contributed by atoms with Crippen LogP contribution < -0.4 is 5.56 Å². The molecule has 4 heteroatoms. The zero-order valence-electron chi connectivity index (χ0n) is 9.54. The first-order valence-corrected chi connectivity index (χ1v) is 6.38. The van der Waals surface area contributed by atoms with Crippen molar-refractivity contribution >= 4 is 21.6 Å². The first-order valence-electron chi connectivity index (χ1n) is 5.61. The average molecular weight is 257 g/mol. The number of aromatic hydroxyl groups is 1. The number of hydrogen-bond donors (Lipinski definition) is 1. The van der Waals surface area contributed by atoms with Crippen LogP contribution in [0, 0.1) is 0 Å². The third-order valence-electron chi connectivity index (χ3n) is 2.79. The molecule has 0 fully saturated rings. The molecule has 90 valence electrons. The molecule has 1 aromatic heterocycles. The van der Waals surface area contributed by atoms with Crippen molar-refractivity contribution in [3.63, 3.8) is 0 Å². The van der Waals surface area contributed by atoms with Gasteiger partial charge in [-0.15, -0.1) is 0 Å². The highest BCUT2D eigenvalue weighted by molar-refractivity contribution is 7.13. The minimum absolute atomic E-state index is 0.0268. The van der Waals surface area contributed by atoms with Crippen molar-refractivity contribution in [2.24, 2.45) is 0 Å². The van der Waals surface area contributed by atoms with Crippen LogP contribution in [0.2, 0.25) is 0 Å². The Bertz CT molecular complexity index is 758. The lowest BCUT2D eigenvalue weighted by Crippen LogP contribution is -2.13. The Hall–Kier alpha value is -2.07. The maximum atomic E-state index is 12.1. The van der Waals surface area contributed by atoms with Gasteiger partial charge in [-0.1, -0.05) is 35.8 Å². The van der Waals surface area contributed by atoms with Crippen molar-refractivity contribution in [1.29, 1.82) is 0 Å². The van der Waals surface area contributed by atoms with Gasteiger partial charge in [0.15, 0.2) is 0 Å². The summed E-state index contributed by atoms with van der Waals surface area (Å²) >= 11 is 1.45. The molecule has 0 unspecified atom stereocenters. The van der Waals surface area contributed by atoms with Gasteiger partial charge in [0, 0.05) is 0 Å². The van der Waals surface area contributed by atoms with Crippen LogP contribution in [0.15, 0.2) is 53.3 Å². The molecular weight excluding hydrogens is 246 g/mol. The monoisotopic (exact) mass is 257 g/mol. The predicted molar refractivity (Wildman–Crippen MR) is 73.3 cm³/mol. The van der Waals surface area contributed by atoms with Crippen molar-refractivity contribution < 1.29 is 5.11 Å². The smallest absolute Gasteiger partial charge is 0.268 e. The van der Waals surface area contributed by atoms with Gasteiger partial charge in [-0.05, 0) is 29.8 Å². The summed E-state index contributed by atoms with van der Waals surface area (Å²) < 4.78 is 2.70.